The first-order valence-electron chi connectivity index (χ1n) is 9.86. The number of anilines is 1. The van der Waals surface area contributed by atoms with E-state index in [1.54, 1.807) is 41.4 Å². The normalized spacial score (nSPS) is 20.8. The molecule has 0 bridgehead atoms. The minimum absolute atomic E-state index is 0.0710. The van der Waals surface area contributed by atoms with Crippen molar-refractivity contribution in [1.29, 1.82) is 0 Å². The molecule has 0 unspecified atom stereocenters. The van der Waals surface area contributed by atoms with Crippen molar-refractivity contribution < 1.29 is 13.0 Å². The molecule has 1 fully saturated rings. The molecule has 1 aliphatic heterocycles. The van der Waals surface area contributed by atoms with Crippen LogP contribution in [-0.4, -0.2) is 55.2 Å². The summed E-state index contributed by atoms with van der Waals surface area (Å²) in [4.78, 5) is 15.5. The molecule has 0 saturated carbocycles. The maximum Gasteiger partial charge on any atom is 0.265 e. The minimum Gasteiger partial charge on any atom is -0.339 e. The number of fused-ring (bicyclic) bond motifs is 1. The van der Waals surface area contributed by atoms with Crippen LogP contribution in [0.1, 0.15) is 25.3 Å². The fourth-order valence-corrected chi connectivity index (χ4v) is 5.07. The van der Waals surface area contributed by atoms with Crippen molar-refractivity contribution in [3.05, 3.63) is 42.4 Å². The Kier molecular flexibility index (Phi) is 5.54. The monoisotopic (exact) mass is 436 g/mol. The number of hydrogen-bond acceptors (Lipinski definition) is 5. The van der Waals surface area contributed by atoms with Gasteiger partial charge in [-0.25, -0.2) is 23.7 Å². The summed E-state index contributed by atoms with van der Waals surface area (Å²) in [6, 6.07) is 4.79. The molecule has 0 radical (unpaired) electrons. The largest absolute Gasteiger partial charge is 0.339 e. The second-order valence-corrected chi connectivity index (χ2v) is 11.3. The number of thiol groups is 1. The Morgan fingerprint density at radius 1 is 1.20 bits per heavy atom. The molecule has 3 aromatic rings. The van der Waals surface area contributed by atoms with Crippen LogP contribution in [0.3, 0.4) is 0 Å². The van der Waals surface area contributed by atoms with Crippen molar-refractivity contribution in [3.63, 3.8) is 0 Å². The fraction of sp³-hybridized carbons (Fsp3) is 0.450. The molecule has 30 heavy (non-hydrogen) atoms. The topological polar surface area (TPSA) is 75.4 Å². The molecule has 10 heteroatoms. The first kappa shape index (κ1) is 20.8. The van der Waals surface area contributed by atoms with Gasteiger partial charge in [0.15, 0.2) is 0 Å². The number of alkyl halides is 2. The smallest absolute Gasteiger partial charge is 0.265 e. The van der Waals surface area contributed by atoms with Crippen LogP contribution < -0.4 is 9.62 Å². The average Bonchev–Trinajstić information content (AvgIpc) is 3.09. The molecular weight excluding hydrogens is 410 g/mol. The highest BCUT2D eigenvalue weighted by atomic mass is 32.3. The molecule has 4 rings (SSSR count). The molecular formula is C20H26F2N6OS. The van der Waals surface area contributed by atoms with Gasteiger partial charge >= 0.3 is 0 Å². The van der Waals surface area contributed by atoms with E-state index < -0.39 is 16.5 Å². The highest BCUT2D eigenvalue weighted by Crippen LogP contribution is 2.26. The maximum atomic E-state index is 13.1. The van der Waals surface area contributed by atoms with Crippen molar-refractivity contribution in [2.45, 2.75) is 25.8 Å². The minimum atomic E-state index is -2.56. The highest BCUT2D eigenvalue weighted by Gasteiger charge is 2.28. The summed E-state index contributed by atoms with van der Waals surface area (Å²) in [5.41, 5.74) is 1.74. The Hall–Kier alpha value is -2.46. The number of nitrogens with zero attached hydrogens (tertiary/aromatic N) is 5. The maximum absolute atomic E-state index is 13.1. The number of aromatic nitrogens is 4. The zero-order chi connectivity index (χ0) is 21.5. The van der Waals surface area contributed by atoms with Crippen LogP contribution in [0, 0.1) is 5.92 Å². The second kappa shape index (κ2) is 7.99. The summed E-state index contributed by atoms with van der Waals surface area (Å²) >= 11 is 0. The van der Waals surface area contributed by atoms with Gasteiger partial charge in [-0.2, -0.15) is 0 Å². The molecule has 7 nitrogen and oxygen atoms in total. The van der Waals surface area contributed by atoms with Gasteiger partial charge in [-0.15, -0.1) is 0 Å². The van der Waals surface area contributed by atoms with Gasteiger partial charge in [-0.3, -0.25) is 13.3 Å². The Morgan fingerprint density at radius 2 is 2.00 bits per heavy atom. The van der Waals surface area contributed by atoms with Gasteiger partial charge in [0, 0.05) is 49.6 Å². The summed E-state index contributed by atoms with van der Waals surface area (Å²) in [5.74, 6) is 0.951. The van der Waals surface area contributed by atoms with Gasteiger partial charge in [-0.05, 0) is 30.5 Å². The summed E-state index contributed by atoms with van der Waals surface area (Å²) < 4.78 is 43.4. The van der Waals surface area contributed by atoms with Crippen LogP contribution in [0.2, 0.25) is 0 Å². The van der Waals surface area contributed by atoms with Crippen molar-refractivity contribution in [3.8, 4) is 11.4 Å². The summed E-state index contributed by atoms with van der Waals surface area (Å²) in [7, 11) is -2.36. The Labute approximate surface area is 175 Å². The standard InChI is InChI=1S/C20H26F2N6OS/c1-13-8-15(26-30(2,3)29)12-27(10-13)20-23-7-6-16(25-20)17-9-24-18-5-4-14(19(21)22)11-28(17)18/h4-7,9,11,13,15,19,30H,8,10,12H2,1-3H3,(H,26,29)/t13-,15+/m1/s1. The third-order valence-corrected chi connectivity index (χ3v) is 6.11. The number of hydrogen-bond donors (Lipinski definition) is 2. The zero-order valence-corrected chi connectivity index (χ0v) is 18.1. The van der Waals surface area contributed by atoms with Crippen LogP contribution in [-0.2, 0) is 10.1 Å². The lowest BCUT2D eigenvalue weighted by Gasteiger charge is -2.38. The van der Waals surface area contributed by atoms with Crippen LogP contribution >= 0.6 is 0 Å². The third kappa shape index (κ3) is 4.49. The first-order chi connectivity index (χ1) is 14.2. The van der Waals surface area contributed by atoms with E-state index in [2.05, 4.69) is 26.5 Å². The molecule has 3 aromatic heterocycles. The van der Waals surface area contributed by atoms with Crippen molar-refractivity contribution in [1.82, 2.24) is 24.1 Å². The predicted molar refractivity (Wildman–Crippen MR) is 115 cm³/mol. The van der Waals surface area contributed by atoms with Gasteiger partial charge in [-0.1, -0.05) is 17.0 Å². The van der Waals surface area contributed by atoms with Crippen LogP contribution in [0.4, 0.5) is 14.7 Å². The average molecular weight is 437 g/mol. The van der Waals surface area contributed by atoms with E-state index in [9.17, 15) is 13.0 Å². The Balaban J connectivity index is 1.65. The molecule has 0 aliphatic carbocycles. The molecule has 0 amide bonds. The fourth-order valence-electron chi connectivity index (χ4n) is 4.01. The Bertz CT molecular complexity index is 1100. The summed E-state index contributed by atoms with van der Waals surface area (Å²) in [5, 5.41) is 0. The predicted octanol–water partition coefficient (Wildman–Crippen LogP) is 2.72. The molecule has 0 aromatic carbocycles. The third-order valence-electron chi connectivity index (χ3n) is 5.12. The van der Waals surface area contributed by atoms with E-state index in [1.807, 2.05) is 0 Å². The van der Waals surface area contributed by atoms with E-state index in [1.165, 1.54) is 12.3 Å². The highest BCUT2D eigenvalue weighted by molar-refractivity contribution is 7.99. The first-order valence-corrected chi connectivity index (χ1v) is 12.5. The number of piperidine rings is 1. The van der Waals surface area contributed by atoms with E-state index in [4.69, 9.17) is 4.98 Å². The lowest BCUT2D eigenvalue weighted by atomic mass is 9.97. The van der Waals surface area contributed by atoms with Crippen LogP contribution in [0.25, 0.3) is 17.0 Å². The van der Waals surface area contributed by atoms with E-state index in [0.717, 1.165) is 13.0 Å². The van der Waals surface area contributed by atoms with Gasteiger partial charge in [0.2, 0.25) is 5.95 Å². The zero-order valence-electron chi connectivity index (χ0n) is 17.2. The SMILES string of the molecule is C[C@@H]1C[C@H](N[SH](C)(C)=O)CN(c2nccc(-c3cnc4ccc(C(F)F)cn34)n2)C1. The molecule has 2 atom stereocenters. The van der Waals surface area contributed by atoms with Gasteiger partial charge in [0.1, 0.15) is 5.65 Å². The van der Waals surface area contributed by atoms with Crippen LogP contribution in [0.5, 0.6) is 0 Å². The lowest BCUT2D eigenvalue weighted by molar-refractivity contribution is 0.151. The van der Waals surface area contributed by atoms with E-state index in [0.29, 0.717) is 35.4 Å². The Morgan fingerprint density at radius 3 is 2.73 bits per heavy atom. The molecule has 4 heterocycles. The second-order valence-electron chi connectivity index (χ2n) is 8.30. The molecule has 1 N–H and O–H groups in total. The number of halogens is 2. The van der Waals surface area contributed by atoms with E-state index >= 15 is 0 Å². The van der Waals surface area contributed by atoms with E-state index in [-0.39, 0.29) is 11.6 Å². The quantitative estimate of drug-likeness (QED) is 0.602. The van der Waals surface area contributed by atoms with Crippen molar-refractivity contribution in [2.75, 3.05) is 30.5 Å². The van der Waals surface area contributed by atoms with Crippen LogP contribution in [0.15, 0.2) is 36.8 Å². The van der Waals surface area contributed by atoms with Gasteiger partial charge < -0.3 is 4.90 Å². The van der Waals surface area contributed by atoms with Crippen molar-refractivity contribution >= 4 is 21.7 Å². The lowest BCUT2D eigenvalue weighted by Crippen LogP contribution is -2.52. The number of imidazole rings is 1. The van der Waals surface area contributed by atoms with Crippen molar-refractivity contribution in [2.24, 2.45) is 5.92 Å². The summed E-state index contributed by atoms with van der Waals surface area (Å²) in [6.07, 6.45) is 6.53. The number of rotatable bonds is 5. The number of nitrogens with one attached hydrogen (secondary N) is 1. The molecule has 1 saturated heterocycles. The molecule has 1 aliphatic rings. The molecule has 162 valence electrons. The van der Waals surface area contributed by atoms with Gasteiger partial charge in [0.25, 0.3) is 6.43 Å². The van der Waals surface area contributed by atoms with Gasteiger partial charge in [0.05, 0.1) is 17.6 Å². The number of pyridine rings is 1. The molecule has 0 spiro atoms. The summed E-state index contributed by atoms with van der Waals surface area (Å²) in [6.45, 7) is 3.60.